The number of carbonyl (C=O) groups excluding carboxylic acids is 1. The minimum atomic E-state index is -3.23. The number of carbonyl (C=O) groups is 1. The third-order valence-electron chi connectivity index (χ3n) is 4.64. The normalized spacial score (nSPS) is 20.8. The molecule has 0 aromatic heterocycles. The molecule has 134 valence electrons. The molecule has 6 heteroatoms. The molecule has 2 atom stereocenters. The lowest BCUT2D eigenvalue weighted by molar-refractivity contribution is -0.127. The lowest BCUT2D eigenvalue weighted by atomic mass is 9.93. The molecule has 2 unspecified atom stereocenters. The minimum absolute atomic E-state index is 0.0476. The van der Waals surface area contributed by atoms with Crippen molar-refractivity contribution in [1.29, 1.82) is 0 Å². The lowest BCUT2D eigenvalue weighted by Gasteiger charge is -2.32. The van der Waals surface area contributed by atoms with E-state index in [4.69, 9.17) is 0 Å². The first-order chi connectivity index (χ1) is 11.3. The maximum atomic E-state index is 12.7. The van der Waals surface area contributed by atoms with E-state index in [1.165, 1.54) is 4.31 Å². The Morgan fingerprint density at radius 2 is 1.96 bits per heavy atom. The quantitative estimate of drug-likeness (QED) is 0.856. The number of hydrogen-bond donors (Lipinski definition) is 1. The molecule has 1 aliphatic rings. The molecule has 1 amide bonds. The summed E-state index contributed by atoms with van der Waals surface area (Å²) in [6, 6.07) is 9.85. The lowest BCUT2D eigenvalue weighted by Crippen LogP contribution is -2.46. The summed E-state index contributed by atoms with van der Waals surface area (Å²) in [7, 11) is -3.23. The Kier molecular flexibility index (Phi) is 6.40. The van der Waals surface area contributed by atoms with Crippen LogP contribution in [0, 0.1) is 11.8 Å². The number of sulfonamides is 1. The summed E-state index contributed by atoms with van der Waals surface area (Å²) >= 11 is 0. The molecule has 0 saturated carbocycles. The van der Waals surface area contributed by atoms with Crippen molar-refractivity contribution in [2.24, 2.45) is 11.8 Å². The fourth-order valence-corrected chi connectivity index (χ4v) is 4.34. The van der Waals surface area contributed by atoms with Crippen molar-refractivity contribution in [2.45, 2.75) is 39.7 Å². The number of nitrogens with zero attached hydrogens (tertiary/aromatic N) is 1. The molecule has 1 aromatic carbocycles. The van der Waals surface area contributed by atoms with Crippen molar-refractivity contribution in [2.75, 3.05) is 18.8 Å². The highest BCUT2D eigenvalue weighted by Gasteiger charge is 2.32. The van der Waals surface area contributed by atoms with Crippen LogP contribution in [0.1, 0.15) is 45.2 Å². The van der Waals surface area contributed by atoms with Crippen LogP contribution < -0.4 is 5.32 Å². The Labute approximate surface area is 145 Å². The largest absolute Gasteiger partial charge is 0.349 e. The van der Waals surface area contributed by atoms with Gasteiger partial charge in [0.15, 0.2) is 0 Å². The third-order valence-corrected chi connectivity index (χ3v) is 6.48. The van der Waals surface area contributed by atoms with Crippen LogP contribution in [0.5, 0.6) is 0 Å². The maximum Gasteiger partial charge on any atom is 0.224 e. The highest BCUT2D eigenvalue weighted by atomic mass is 32.2. The number of hydrogen-bond acceptors (Lipinski definition) is 3. The average Bonchev–Trinajstić information content (AvgIpc) is 2.60. The highest BCUT2D eigenvalue weighted by molar-refractivity contribution is 7.89. The summed E-state index contributed by atoms with van der Waals surface area (Å²) in [5.74, 6) is 0.0222. The van der Waals surface area contributed by atoms with Gasteiger partial charge >= 0.3 is 0 Å². The topological polar surface area (TPSA) is 66.5 Å². The number of piperidine rings is 1. The second kappa shape index (κ2) is 8.12. The van der Waals surface area contributed by atoms with Gasteiger partial charge in [0.2, 0.25) is 15.9 Å². The zero-order valence-corrected chi connectivity index (χ0v) is 15.6. The summed E-state index contributed by atoms with van der Waals surface area (Å²) in [6.45, 7) is 6.61. The SMILES string of the molecule is CCS(=O)(=O)N1CCCC(C(=O)NC(c2ccccc2)C(C)C)C1. The Morgan fingerprint density at radius 3 is 2.54 bits per heavy atom. The van der Waals surface area contributed by atoms with E-state index in [2.05, 4.69) is 19.2 Å². The van der Waals surface area contributed by atoms with Crippen LogP contribution in [0.25, 0.3) is 0 Å². The van der Waals surface area contributed by atoms with Crippen LogP contribution in [0.4, 0.5) is 0 Å². The molecule has 1 aromatic rings. The summed E-state index contributed by atoms with van der Waals surface area (Å²) in [4.78, 5) is 12.7. The molecule has 1 aliphatic heterocycles. The first-order valence-corrected chi connectivity index (χ1v) is 10.3. The minimum Gasteiger partial charge on any atom is -0.349 e. The van der Waals surface area contributed by atoms with Crippen LogP contribution in [0.2, 0.25) is 0 Å². The first kappa shape index (κ1) is 18.9. The third kappa shape index (κ3) is 4.57. The number of amides is 1. The van der Waals surface area contributed by atoms with E-state index in [0.29, 0.717) is 13.1 Å². The van der Waals surface area contributed by atoms with E-state index in [0.717, 1.165) is 18.4 Å². The van der Waals surface area contributed by atoms with Crippen molar-refractivity contribution in [3.63, 3.8) is 0 Å². The molecule has 0 spiro atoms. The van der Waals surface area contributed by atoms with Crippen LogP contribution in [-0.2, 0) is 14.8 Å². The summed E-state index contributed by atoms with van der Waals surface area (Å²) in [6.07, 6.45) is 1.47. The molecule has 1 N–H and O–H groups in total. The van der Waals surface area contributed by atoms with Crippen LogP contribution in [0.3, 0.4) is 0 Å². The van der Waals surface area contributed by atoms with E-state index in [-0.39, 0.29) is 29.5 Å². The zero-order chi connectivity index (χ0) is 17.7. The van der Waals surface area contributed by atoms with Gasteiger partial charge in [-0.2, -0.15) is 0 Å². The molecule has 1 saturated heterocycles. The number of benzene rings is 1. The Balaban J connectivity index is 2.07. The van der Waals surface area contributed by atoms with Crippen molar-refractivity contribution < 1.29 is 13.2 Å². The molecule has 24 heavy (non-hydrogen) atoms. The zero-order valence-electron chi connectivity index (χ0n) is 14.7. The standard InChI is InChI=1S/C18H28N2O3S/c1-4-24(22,23)20-12-8-11-16(13-20)18(21)19-17(14(2)3)15-9-6-5-7-10-15/h5-7,9-10,14,16-17H,4,8,11-13H2,1-3H3,(H,19,21). The molecule has 0 radical (unpaired) electrons. The second-order valence-corrected chi connectivity index (χ2v) is 9.00. The van der Waals surface area contributed by atoms with Gasteiger partial charge < -0.3 is 5.32 Å². The van der Waals surface area contributed by atoms with Crippen LogP contribution in [-0.4, -0.2) is 37.5 Å². The predicted octanol–water partition coefficient (Wildman–Crippen LogP) is 2.56. The fraction of sp³-hybridized carbons (Fsp3) is 0.611. The van der Waals surface area contributed by atoms with Crippen molar-refractivity contribution in [1.82, 2.24) is 9.62 Å². The number of rotatable bonds is 6. The van der Waals surface area contributed by atoms with Gasteiger partial charge in [-0.15, -0.1) is 0 Å². The Hall–Kier alpha value is -1.40. The Bertz CT molecular complexity index is 643. The molecule has 0 aliphatic carbocycles. The van der Waals surface area contributed by atoms with Crippen molar-refractivity contribution in [3.8, 4) is 0 Å². The highest BCUT2D eigenvalue weighted by Crippen LogP contribution is 2.24. The second-order valence-electron chi connectivity index (χ2n) is 6.74. The van der Waals surface area contributed by atoms with E-state index < -0.39 is 10.0 Å². The van der Waals surface area contributed by atoms with Gasteiger partial charge in [-0.1, -0.05) is 44.2 Å². The van der Waals surface area contributed by atoms with E-state index >= 15 is 0 Å². The van der Waals surface area contributed by atoms with Gasteiger partial charge in [0.25, 0.3) is 0 Å². The van der Waals surface area contributed by atoms with Gasteiger partial charge in [-0.3, -0.25) is 4.79 Å². The molecule has 0 bridgehead atoms. The fourth-order valence-electron chi connectivity index (χ4n) is 3.16. The molecular formula is C18H28N2O3S. The summed E-state index contributed by atoms with van der Waals surface area (Å²) in [5.41, 5.74) is 1.08. The van der Waals surface area contributed by atoms with E-state index in [9.17, 15) is 13.2 Å². The van der Waals surface area contributed by atoms with E-state index in [1.807, 2.05) is 30.3 Å². The molecule has 1 heterocycles. The maximum absolute atomic E-state index is 12.7. The van der Waals surface area contributed by atoms with Gasteiger partial charge in [0.1, 0.15) is 0 Å². The van der Waals surface area contributed by atoms with Gasteiger partial charge in [-0.05, 0) is 31.2 Å². The van der Waals surface area contributed by atoms with Gasteiger partial charge in [0.05, 0.1) is 17.7 Å². The summed E-state index contributed by atoms with van der Waals surface area (Å²) in [5, 5.41) is 3.13. The first-order valence-electron chi connectivity index (χ1n) is 8.68. The molecule has 2 rings (SSSR count). The van der Waals surface area contributed by atoms with E-state index in [1.54, 1.807) is 6.92 Å². The molecule has 5 nitrogen and oxygen atoms in total. The van der Waals surface area contributed by atoms with Gasteiger partial charge in [0, 0.05) is 13.1 Å². The van der Waals surface area contributed by atoms with Crippen LogP contribution in [0.15, 0.2) is 30.3 Å². The van der Waals surface area contributed by atoms with Crippen molar-refractivity contribution >= 4 is 15.9 Å². The van der Waals surface area contributed by atoms with Gasteiger partial charge in [-0.25, -0.2) is 12.7 Å². The Morgan fingerprint density at radius 1 is 1.29 bits per heavy atom. The number of nitrogens with one attached hydrogen (secondary N) is 1. The molecule has 1 fully saturated rings. The monoisotopic (exact) mass is 352 g/mol. The molecular weight excluding hydrogens is 324 g/mol. The predicted molar refractivity (Wildman–Crippen MR) is 95.9 cm³/mol. The smallest absolute Gasteiger partial charge is 0.224 e. The van der Waals surface area contributed by atoms with Crippen LogP contribution >= 0.6 is 0 Å². The van der Waals surface area contributed by atoms with Crippen molar-refractivity contribution in [3.05, 3.63) is 35.9 Å². The summed E-state index contributed by atoms with van der Waals surface area (Å²) < 4.78 is 25.6. The average molecular weight is 353 g/mol.